The Bertz CT molecular complexity index is 1220. The predicted octanol–water partition coefficient (Wildman–Crippen LogP) is 2.42. The van der Waals surface area contributed by atoms with Gasteiger partial charge in [0, 0.05) is 11.4 Å². The molecule has 1 aliphatic rings. The number of hydrogen-bond donors (Lipinski definition) is 2. The molecule has 2 aromatic carbocycles. The third-order valence-corrected chi connectivity index (χ3v) is 5.52. The molecule has 0 aliphatic carbocycles. The minimum Gasteiger partial charge on any atom is -0.496 e. The van der Waals surface area contributed by atoms with E-state index in [0.29, 0.717) is 22.1 Å². The molecule has 4 amide bonds. The average molecular weight is 469 g/mol. The van der Waals surface area contributed by atoms with Crippen LogP contribution in [-0.2, 0) is 16.0 Å². The van der Waals surface area contributed by atoms with Crippen LogP contribution in [0, 0.1) is 0 Å². The molecule has 0 spiro atoms. The van der Waals surface area contributed by atoms with E-state index in [1.54, 1.807) is 31.2 Å². The molecule has 10 nitrogen and oxygen atoms in total. The number of rotatable bonds is 7. The van der Waals surface area contributed by atoms with Crippen molar-refractivity contribution < 1.29 is 19.1 Å². The fourth-order valence-electron chi connectivity index (χ4n) is 3.71. The second-order valence-corrected chi connectivity index (χ2v) is 8.13. The first-order valence-corrected chi connectivity index (χ1v) is 10.4. The number of carbonyl (C=O) groups is 3. The summed E-state index contributed by atoms with van der Waals surface area (Å²) in [7, 11) is 1.54. The average Bonchev–Trinajstić information content (AvgIpc) is 3.38. The normalized spacial score (nSPS) is 17.7. The van der Waals surface area contributed by atoms with Gasteiger partial charge in [-0.05, 0) is 36.8 Å². The maximum absolute atomic E-state index is 13.1. The van der Waals surface area contributed by atoms with Crippen molar-refractivity contribution in [2.24, 2.45) is 0 Å². The van der Waals surface area contributed by atoms with E-state index < -0.39 is 29.9 Å². The van der Waals surface area contributed by atoms with E-state index in [9.17, 15) is 14.4 Å². The number of amides is 4. The number of methoxy groups -OCH3 is 1. The molecule has 1 aromatic heterocycles. The maximum Gasteiger partial charge on any atom is 0.325 e. The van der Waals surface area contributed by atoms with E-state index in [0.717, 1.165) is 10.5 Å². The molecule has 0 bridgehead atoms. The molecule has 1 saturated heterocycles. The Kier molecular flexibility index (Phi) is 6.01. The van der Waals surface area contributed by atoms with Crippen molar-refractivity contribution in [3.05, 3.63) is 65.7 Å². The number of hydrogen-bond acceptors (Lipinski definition) is 6. The molecule has 0 saturated carbocycles. The molecule has 4 rings (SSSR count). The molecule has 170 valence electrons. The lowest BCUT2D eigenvalue weighted by Gasteiger charge is -2.22. The standard InChI is InChI=1S/C22H21ClN6O4/c1-22(10-14-5-3-4-6-18(14)33-2)20(31)28(21(32)27-22)11-19(30)26-16-9-15(23)7-8-17(16)29-13-24-12-25-29/h3-9,12-13H,10-11H2,1-2H3,(H,26,30)(H,27,32). The van der Waals surface area contributed by atoms with E-state index in [2.05, 4.69) is 20.7 Å². The number of benzene rings is 2. The summed E-state index contributed by atoms with van der Waals surface area (Å²) in [4.78, 5) is 43.3. The largest absolute Gasteiger partial charge is 0.496 e. The smallest absolute Gasteiger partial charge is 0.325 e. The van der Waals surface area contributed by atoms with Gasteiger partial charge in [0.25, 0.3) is 5.91 Å². The monoisotopic (exact) mass is 468 g/mol. The molecule has 1 fully saturated rings. The van der Waals surface area contributed by atoms with Crippen LogP contribution in [0.5, 0.6) is 5.75 Å². The summed E-state index contributed by atoms with van der Waals surface area (Å²) in [6.07, 6.45) is 3.04. The molecule has 1 aliphatic heterocycles. The van der Waals surface area contributed by atoms with E-state index in [1.807, 2.05) is 18.2 Å². The van der Waals surface area contributed by atoms with Gasteiger partial charge in [-0.3, -0.25) is 14.5 Å². The van der Waals surface area contributed by atoms with Crippen LogP contribution in [0.15, 0.2) is 55.1 Å². The lowest BCUT2D eigenvalue weighted by Crippen LogP contribution is -2.46. The molecular formula is C22H21ClN6O4. The Labute approximate surface area is 194 Å². The molecule has 1 atom stereocenters. The van der Waals surface area contributed by atoms with Crippen molar-refractivity contribution in [2.45, 2.75) is 18.9 Å². The highest BCUT2D eigenvalue weighted by molar-refractivity contribution is 6.31. The van der Waals surface area contributed by atoms with Crippen LogP contribution in [0.4, 0.5) is 10.5 Å². The van der Waals surface area contributed by atoms with Crippen molar-refractivity contribution in [1.29, 1.82) is 0 Å². The maximum atomic E-state index is 13.1. The molecule has 1 unspecified atom stereocenters. The minimum absolute atomic E-state index is 0.213. The summed E-state index contributed by atoms with van der Waals surface area (Å²) in [6.45, 7) is 1.16. The minimum atomic E-state index is -1.21. The van der Waals surface area contributed by atoms with Crippen LogP contribution in [-0.4, -0.2) is 56.7 Å². The van der Waals surface area contributed by atoms with Crippen LogP contribution in [0.25, 0.3) is 5.69 Å². The fourth-order valence-corrected chi connectivity index (χ4v) is 3.89. The van der Waals surface area contributed by atoms with Crippen molar-refractivity contribution in [1.82, 2.24) is 25.0 Å². The summed E-state index contributed by atoms with van der Waals surface area (Å²) in [5, 5.41) is 9.85. The fraction of sp³-hybridized carbons (Fsp3) is 0.227. The van der Waals surface area contributed by atoms with Gasteiger partial charge < -0.3 is 15.4 Å². The Morgan fingerprint density at radius 2 is 2.03 bits per heavy atom. The molecule has 2 heterocycles. The lowest BCUT2D eigenvalue weighted by atomic mass is 9.92. The summed E-state index contributed by atoms with van der Waals surface area (Å²) >= 11 is 6.08. The summed E-state index contributed by atoms with van der Waals surface area (Å²) in [6, 6.07) is 11.5. The van der Waals surface area contributed by atoms with E-state index in [4.69, 9.17) is 16.3 Å². The summed E-state index contributed by atoms with van der Waals surface area (Å²) in [5.74, 6) is -0.460. The highest BCUT2D eigenvalue weighted by Crippen LogP contribution is 2.28. The van der Waals surface area contributed by atoms with Crippen molar-refractivity contribution in [2.75, 3.05) is 19.0 Å². The van der Waals surface area contributed by atoms with E-state index in [1.165, 1.54) is 24.4 Å². The Morgan fingerprint density at radius 1 is 1.24 bits per heavy atom. The van der Waals surface area contributed by atoms with Gasteiger partial charge in [-0.15, -0.1) is 0 Å². The number of halogens is 1. The predicted molar refractivity (Wildman–Crippen MR) is 120 cm³/mol. The number of aromatic nitrogens is 3. The third-order valence-electron chi connectivity index (χ3n) is 5.28. The molecular weight excluding hydrogens is 448 g/mol. The van der Waals surface area contributed by atoms with Gasteiger partial charge in [-0.25, -0.2) is 14.5 Å². The zero-order chi connectivity index (χ0) is 23.6. The summed E-state index contributed by atoms with van der Waals surface area (Å²) in [5.41, 5.74) is 0.442. The van der Waals surface area contributed by atoms with Gasteiger partial charge in [0.05, 0.1) is 18.5 Å². The van der Waals surface area contributed by atoms with Gasteiger partial charge in [0.1, 0.15) is 30.5 Å². The number of para-hydroxylation sites is 1. The van der Waals surface area contributed by atoms with E-state index >= 15 is 0 Å². The van der Waals surface area contributed by atoms with Crippen LogP contribution in [0.2, 0.25) is 5.02 Å². The second-order valence-electron chi connectivity index (χ2n) is 7.69. The lowest BCUT2D eigenvalue weighted by molar-refractivity contribution is -0.133. The van der Waals surface area contributed by atoms with Crippen LogP contribution >= 0.6 is 11.6 Å². The molecule has 33 heavy (non-hydrogen) atoms. The van der Waals surface area contributed by atoms with Gasteiger partial charge in [-0.1, -0.05) is 29.8 Å². The zero-order valence-electron chi connectivity index (χ0n) is 17.9. The zero-order valence-corrected chi connectivity index (χ0v) is 18.7. The highest BCUT2D eigenvalue weighted by Gasteiger charge is 2.48. The Hall–Kier alpha value is -3.92. The van der Waals surface area contributed by atoms with Crippen molar-refractivity contribution in [3.63, 3.8) is 0 Å². The van der Waals surface area contributed by atoms with Crippen LogP contribution in [0.3, 0.4) is 0 Å². The first kappa shape index (κ1) is 22.3. The number of imide groups is 1. The van der Waals surface area contributed by atoms with Crippen molar-refractivity contribution >= 4 is 35.1 Å². The quantitative estimate of drug-likeness (QED) is 0.514. The Balaban J connectivity index is 1.50. The second kappa shape index (κ2) is 8.91. The highest BCUT2D eigenvalue weighted by atomic mass is 35.5. The summed E-state index contributed by atoms with van der Waals surface area (Å²) < 4.78 is 6.81. The van der Waals surface area contributed by atoms with Crippen molar-refractivity contribution in [3.8, 4) is 11.4 Å². The first-order valence-electron chi connectivity index (χ1n) is 10.0. The number of nitrogens with zero attached hydrogens (tertiary/aromatic N) is 4. The van der Waals surface area contributed by atoms with Gasteiger partial charge in [0.2, 0.25) is 5.91 Å². The van der Waals surface area contributed by atoms with Crippen LogP contribution in [0.1, 0.15) is 12.5 Å². The number of carbonyl (C=O) groups excluding carboxylic acids is 3. The first-order chi connectivity index (χ1) is 15.8. The third kappa shape index (κ3) is 4.51. The number of urea groups is 1. The van der Waals surface area contributed by atoms with Gasteiger partial charge in [-0.2, -0.15) is 5.10 Å². The van der Waals surface area contributed by atoms with Gasteiger partial charge >= 0.3 is 6.03 Å². The molecule has 2 N–H and O–H groups in total. The Morgan fingerprint density at radius 3 is 2.76 bits per heavy atom. The van der Waals surface area contributed by atoms with Crippen LogP contribution < -0.4 is 15.4 Å². The number of anilines is 1. The van der Waals surface area contributed by atoms with E-state index in [-0.39, 0.29) is 6.42 Å². The molecule has 11 heteroatoms. The molecule has 0 radical (unpaired) electrons. The molecule has 3 aromatic rings. The van der Waals surface area contributed by atoms with Gasteiger partial charge in [0.15, 0.2) is 0 Å². The number of ether oxygens (including phenoxy) is 1. The number of nitrogens with one attached hydrogen (secondary N) is 2. The SMILES string of the molecule is COc1ccccc1CC1(C)NC(=O)N(CC(=O)Nc2cc(Cl)ccc2-n2cncn2)C1=O. The topological polar surface area (TPSA) is 118 Å².